The van der Waals surface area contributed by atoms with Gasteiger partial charge in [-0.05, 0) is 35.9 Å². The summed E-state index contributed by atoms with van der Waals surface area (Å²) in [6.07, 6.45) is -4.58. The average molecular weight is 438 g/mol. The third kappa shape index (κ3) is 5.81. The monoisotopic (exact) mass is 438 g/mol. The maximum Gasteiger partial charge on any atom is 0.416 e. The lowest BCUT2D eigenvalue weighted by Crippen LogP contribution is -2.36. The summed E-state index contributed by atoms with van der Waals surface area (Å²) in [5.41, 5.74) is 0.330. The Labute approximate surface area is 178 Å². The van der Waals surface area contributed by atoms with E-state index in [1.807, 2.05) is 4.90 Å². The zero-order chi connectivity index (χ0) is 22.4. The molecule has 0 bridgehead atoms. The second kappa shape index (κ2) is 9.91. The van der Waals surface area contributed by atoms with Gasteiger partial charge in [-0.25, -0.2) is 0 Å². The molecular weight excluding hydrogens is 413 g/mol. The lowest BCUT2D eigenvalue weighted by atomic mass is 10.0. The number of methoxy groups -OCH3 is 2. The van der Waals surface area contributed by atoms with Crippen LogP contribution in [0.2, 0.25) is 0 Å². The molecule has 0 spiro atoms. The van der Waals surface area contributed by atoms with Gasteiger partial charge in [0.25, 0.3) is 0 Å². The molecule has 1 saturated heterocycles. The topological polar surface area (TPSA) is 60.0 Å². The summed E-state index contributed by atoms with van der Waals surface area (Å²) in [6, 6.07) is 9.24. The van der Waals surface area contributed by atoms with Crippen LogP contribution >= 0.6 is 0 Å². The van der Waals surface area contributed by atoms with Crippen molar-refractivity contribution in [3.05, 3.63) is 53.1 Å². The van der Waals surface area contributed by atoms with Gasteiger partial charge in [-0.1, -0.05) is 6.07 Å². The second-order valence-electron chi connectivity index (χ2n) is 7.07. The molecule has 3 rings (SSSR count). The van der Waals surface area contributed by atoms with Crippen LogP contribution in [-0.4, -0.2) is 46.4 Å². The van der Waals surface area contributed by atoms with Crippen LogP contribution in [0.15, 0.2) is 36.4 Å². The number of nitrogens with zero attached hydrogens (tertiary/aromatic N) is 1. The smallest absolute Gasteiger partial charge is 0.416 e. The highest BCUT2D eigenvalue weighted by atomic mass is 19.4. The van der Waals surface area contributed by atoms with Gasteiger partial charge in [0, 0.05) is 30.9 Å². The van der Waals surface area contributed by atoms with Crippen molar-refractivity contribution in [2.24, 2.45) is 0 Å². The number of amides is 1. The molecule has 0 atom stereocenters. The lowest BCUT2D eigenvalue weighted by Gasteiger charge is -2.29. The lowest BCUT2D eigenvalue weighted by molar-refractivity contribution is -0.138. The molecule has 0 aromatic heterocycles. The Bertz CT molecular complexity index is 912. The van der Waals surface area contributed by atoms with Gasteiger partial charge < -0.3 is 24.4 Å². The number of halogens is 3. The summed E-state index contributed by atoms with van der Waals surface area (Å²) < 4.78 is 56.6. The number of carbonyl (C=O) groups is 1. The standard InChI is InChI=1S/C22H25F3N2O4/c1-29-18-5-6-20(30-2)16(11-18)12-21(28)26-14-15-3-4-17(13-19(15)22(23,24)25)27-7-9-31-10-8-27/h3-6,11,13H,7-10,12,14H2,1-2H3,(H,26,28). The van der Waals surface area contributed by atoms with Crippen LogP contribution in [0.4, 0.5) is 18.9 Å². The van der Waals surface area contributed by atoms with E-state index < -0.39 is 17.6 Å². The van der Waals surface area contributed by atoms with Crippen molar-refractivity contribution in [2.45, 2.75) is 19.1 Å². The van der Waals surface area contributed by atoms with Crippen molar-refractivity contribution in [3.8, 4) is 11.5 Å². The number of hydrogen-bond donors (Lipinski definition) is 1. The van der Waals surface area contributed by atoms with E-state index in [0.29, 0.717) is 49.1 Å². The van der Waals surface area contributed by atoms with Crippen LogP contribution < -0.4 is 19.7 Å². The Kier molecular flexibility index (Phi) is 7.27. The second-order valence-corrected chi connectivity index (χ2v) is 7.07. The molecule has 6 nitrogen and oxygen atoms in total. The van der Waals surface area contributed by atoms with E-state index in [9.17, 15) is 18.0 Å². The fourth-order valence-corrected chi connectivity index (χ4v) is 3.45. The molecule has 0 radical (unpaired) electrons. The normalized spacial score (nSPS) is 14.3. The zero-order valence-corrected chi connectivity index (χ0v) is 17.4. The summed E-state index contributed by atoms with van der Waals surface area (Å²) in [7, 11) is 2.99. The highest BCUT2D eigenvalue weighted by Crippen LogP contribution is 2.35. The summed E-state index contributed by atoms with van der Waals surface area (Å²) >= 11 is 0. The number of carbonyl (C=O) groups excluding carboxylic acids is 1. The van der Waals surface area contributed by atoms with Gasteiger partial charge in [-0.3, -0.25) is 4.79 Å². The van der Waals surface area contributed by atoms with Crippen LogP contribution in [-0.2, 0) is 28.7 Å². The average Bonchev–Trinajstić information content (AvgIpc) is 2.77. The van der Waals surface area contributed by atoms with Crippen molar-refractivity contribution < 1.29 is 32.2 Å². The van der Waals surface area contributed by atoms with Crippen molar-refractivity contribution in [3.63, 3.8) is 0 Å². The van der Waals surface area contributed by atoms with Gasteiger partial charge >= 0.3 is 6.18 Å². The number of hydrogen-bond acceptors (Lipinski definition) is 5. The Hall–Kier alpha value is -2.94. The molecule has 168 valence electrons. The molecule has 0 aliphatic carbocycles. The molecule has 1 amide bonds. The summed E-state index contributed by atoms with van der Waals surface area (Å²) in [5.74, 6) is 0.639. The molecule has 0 unspecified atom stereocenters. The summed E-state index contributed by atoms with van der Waals surface area (Å²) in [4.78, 5) is 14.3. The van der Waals surface area contributed by atoms with Crippen LogP contribution in [0.1, 0.15) is 16.7 Å². The predicted octanol–water partition coefficient (Wildman–Crippen LogP) is 3.42. The maximum absolute atomic E-state index is 13.7. The quantitative estimate of drug-likeness (QED) is 0.718. The fraction of sp³-hybridized carbons (Fsp3) is 0.409. The first-order chi connectivity index (χ1) is 14.8. The van der Waals surface area contributed by atoms with Gasteiger partial charge in [0.05, 0.1) is 39.4 Å². The number of benzene rings is 2. The number of rotatable bonds is 7. The minimum atomic E-state index is -4.53. The minimum absolute atomic E-state index is 0.00969. The van der Waals surface area contributed by atoms with Gasteiger partial charge in [0.1, 0.15) is 11.5 Å². The first kappa shape index (κ1) is 22.7. The molecule has 1 N–H and O–H groups in total. The Morgan fingerprint density at radius 1 is 1.06 bits per heavy atom. The molecule has 1 aliphatic rings. The number of ether oxygens (including phenoxy) is 3. The third-order valence-corrected chi connectivity index (χ3v) is 5.09. The first-order valence-electron chi connectivity index (χ1n) is 9.82. The molecule has 2 aromatic carbocycles. The van der Waals surface area contributed by atoms with Crippen molar-refractivity contribution >= 4 is 11.6 Å². The Morgan fingerprint density at radius 2 is 1.81 bits per heavy atom. The number of nitrogens with one attached hydrogen (secondary N) is 1. The van der Waals surface area contributed by atoms with E-state index in [-0.39, 0.29) is 18.5 Å². The SMILES string of the molecule is COc1ccc(OC)c(CC(=O)NCc2ccc(N3CCOCC3)cc2C(F)(F)F)c1. The Balaban J connectivity index is 1.72. The third-order valence-electron chi connectivity index (χ3n) is 5.09. The summed E-state index contributed by atoms with van der Waals surface area (Å²) in [5, 5.41) is 2.58. The van der Waals surface area contributed by atoms with E-state index >= 15 is 0 Å². The van der Waals surface area contributed by atoms with E-state index in [4.69, 9.17) is 14.2 Å². The van der Waals surface area contributed by atoms with E-state index in [2.05, 4.69) is 5.32 Å². The highest BCUT2D eigenvalue weighted by molar-refractivity contribution is 5.79. The molecule has 1 fully saturated rings. The van der Waals surface area contributed by atoms with Gasteiger partial charge in [0.2, 0.25) is 5.91 Å². The van der Waals surface area contributed by atoms with Crippen LogP contribution in [0.25, 0.3) is 0 Å². The van der Waals surface area contributed by atoms with Gasteiger partial charge in [-0.2, -0.15) is 13.2 Å². The van der Waals surface area contributed by atoms with E-state index in [1.165, 1.54) is 20.3 Å². The van der Waals surface area contributed by atoms with Gasteiger partial charge in [-0.15, -0.1) is 0 Å². The largest absolute Gasteiger partial charge is 0.497 e. The Morgan fingerprint density at radius 3 is 2.45 bits per heavy atom. The number of anilines is 1. The molecule has 2 aromatic rings. The van der Waals surface area contributed by atoms with E-state index in [1.54, 1.807) is 24.3 Å². The molecular formula is C22H25F3N2O4. The number of morpholine rings is 1. The first-order valence-corrected chi connectivity index (χ1v) is 9.82. The zero-order valence-electron chi connectivity index (χ0n) is 17.4. The minimum Gasteiger partial charge on any atom is -0.497 e. The molecule has 31 heavy (non-hydrogen) atoms. The van der Waals surface area contributed by atoms with Crippen molar-refractivity contribution in [1.82, 2.24) is 5.32 Å². The highest BCUT2D eigenvalue weighted by Gasteiger charge is 2.34. The van der Waals surface area contributed by atoms with E-state index in [0.717, 1.165) is 6.07 Å². The number of alkyl halides is 3. The van der Waals surface area contributed by atoms with Gasteiger partial charge in [0.15, 0.2) is 0 Å². The maximum atomic E-state index is 13.7. The molecule has 1 heterocycles. The predicted molar refractivity (Wildman–Crippen MR) is 110 cm³/mol. The van der Waals surface area contributed by atoms with Crippen LogP contribution in [0.3, 0.4) is 0 Å². The summed E-state index contributed by atoms with van der Waals surface area (Å²) in [6.45, 7) is 1.80. The van der Waals surface area contributed by atoms with Crippen LogP contribution in [0.5, 0.6) is 11.5 Å². The van der Waals surface area contributed by atoms with Crippen molar-refractivity contribution in [2.75, 3.05) is 45.4 Å². The van der Waals surface area contributed by atoms with Crippen molar-refractivity contribution in [1.29, 1.82) is 0 Å². The molecule has 0 saturated carbocycles. The molecule has 9 heteroatoms. The molecule has 1 aliphatic heterocycles. The fourth-order valence-electron chi connectivity index (χ4n) is 3.45. The van der Waals surface area contributed by atoms with Crippen LogP contribution in [0, 0.1) is 0 Å².